The first-order valence-electron chi connectivity index (χ1n) is 7.15. The Labute approximate surface area is 145 Å². The fourth-order valence-corrected chi connectivity index (χ4v) is 3.74. The second kappa shape index (κ2) is 6.29. The number of aromatic nitrogens is 2. The molecular weight excluding hydrogens is 348 g/mol. The maximum Gasteiger partial charge on any atom is 0.277 e. The average Bonchev–Trinajstić information content (AvgIpc) is 3.32. The van der Waals surface area contributed by atoms with Crippen LogP contribution in [0.15, 0.2) is 40.0 Å². The lowest BCUT2D eigenvalue weighted by Gasteiger charge is -1.98. The minimum absolute atomic E-state index is 0.0564. The first-order chi connectivity index (χ1) is 11.7. The Hall–Kier alpha value is -2.32. The van der Waals surface area contributed by atoms with Gasteiger partial charge in [-0.15, -0.1) is 21.5 Å². The summed E-state index contributed by atoms with van der Waals surface area (Å²) in [5, 5.41) is 8.37. The molecule has 1 aliphatic heterocycles. The van der Waals surface area contributed by atoms with Crippen molar-refractivity contribution >= 4 is 28.9 Å². The maximum absolute atomic E-state index is 12.1. The number of rotatable bonds is 5. The Morgan fingerprint density at radius 1 is 1.21 bits per heavy atom. The SMILES string of the molecule is Cc1ccc(C(=O)CSc2nnc(-c3ccc4c(c3)OCO4)o2)s1. The van der Waals surface area contributed by atoms with Crippen molar-refractivity contribution in [3.05, 3.63) is 40.1 Å². The van der Waals surface area contributed by atoms with E-state index >= 15 is 0 Å². The third-order valence-electron chi connectivity index (χ3n) is 3.37. The lowest BCUT2D eigenvalue weighted by Crippen LogP contribution is -1.99. The number of fused-ring (bicyclic) bond motifs is 1. The Morgan fingerprint density at radius 2 is 2.08 bits per heavy atom. The molecule has 0 bridgehead atoms. The van der Waals surface area contributed by atoms with Crippen LogP contribution in [0.3, 0.4) is 0 Å². The van der Waals surface area contributed by atoms with Crippen molar-refractivity contribution < 1.29 is 18.7 Å². The number of Topliss-reactive ketones (excluding diaryl/α,β-unsaturated/α-hetero) is 1. The summed E-state index contributed by atoms with van der Waals surface area (Å²) in [6.45, 7) is 2.19. The fourth-order valence-electron chi connectivity index (χ4n) is 2.20. The molecule has 0 fully saturated rings. The summed E-state index contributed by atoms with van der Waals surface area (Å²) in [6.07, 6.45) is 0. The molecule has 0 saturated carbocycles. The van der Waals surface area contributed by atoms with Gasteiger partial charge in [-0.2, -0.15) is 0 Å². The minimum atomic E-state index is 0.0564. The Kier molecular flexibility index (Phi) is 3.99. The van der Waals surface area contributed by atoms with Crippen molar-refractivity contribution in [2.24, 2.45) is 0 Å². The number of hydrogen-bond donors (Lipinski definition) is 0. The van der Waals surface area contributed by atoms with E-state index in [-0.39, 0.29) is 18.3 Å². The molecule has 3 aromatic rings. The van der Waals surface area contributed by atoms with E-state index in [1.54, 1.807) is 12.1 Å². The normalized spacial score (nSPS) is 12.5. The van der Waals surface area contributed by atoms with Gasteiger partial charge in [-0.25, -0.2) is 0 Å². The molecule has 0 saturated heterocycles. The molecule has 0 N–H and O–H groups in total. The molecule has 122 valence electrons. The second-order valence-corrected chi connectivity index (χ2v) is 7.28. The van der Waals surface area contributed by atoms with Crippen LogP contribution < -0.4 is 9.47 Å². The van der Waals surface area contributed by atoms with Gasteiger partial charge in [0.1, 0.15) is 0 Å². The first-order valence-corrected chi connectivity index (χ1v) is 8.95. The molecular formula is C16H12N2O4S2. The van der Waals surface area contributed by atoms with Gasteiger partial charge >= 0.3 is 0 Å². The summed E-state index contributed by atoms with van der Waals surface area (Å²) >= 11 is 2.72. The number of nitrogens with zero attached hydrogens (tertiary/aromatic N) is 2. The zero-order chi connectivity index (χ0) is 16.5. The molecule has 24 heavy (non-hydrogen) atoms. The number of ketones is 1. The number of aryl methyl sites for hydroxylation is 1. The van der Waals surface area contributed by atoms with Crippen LogP contribution >= 0.6 is 23.1 Å². The van der Waals surface area contributed by atoms with E-state index < -0.39 is 0 Å². The zero-order valence-electron chi connectivity index (χ0n) is 12.6. The van der Waals surface area contributed by atoms with Crippen molar-refractivity contribution in [1.82, 2.24) is 10.2 Å². The lowest BCUT2D eigenvalue weighted by atomic mass is 10.2. The number of benzene rings is 1. The van der Waals surface area contributed by atoms with Gasteiger partial charge in [-0.1, -0.05) is 11.8 Å². The molecule has 0 atom stereocenters. The van der Waals surface area contributed by atoms with Gasteiger partial charge in [-0.05, 0) is 37.3 Å². The Morgan fingerprint density at radius 3 is 2.92 bits per heavy atom. The van der Waals surface area contributed by atoms with Gasteiger partial charge in [0.05, 0.1) is 10.6 Å². The summed E-state index contributed by atoms with van der Waals surface area (Å²) in [4.78, 5) is 14.0. The van der Waals surface area contributed by atoms with Crippen LogP contribution in [0.4, 0.5) is 0 Å². The second-order valence-electron chi connectivity index (χ2n) is 5.06. The average molecular weight is 360 g/mol. The van der Waals surface area contributed by atoms with Crippen LogP contribution in [-0.4, -0.2) is 28.5 Å². The fraction of sp³-hybridized carbons (Fsp3) is 0.188. The van der Waals surface area contributed by atoms with E-state index in [0.29, 0.717) is 22.6 Å². The quantitative estimate of drug-likeness (QED) is 0.506. The van der Waals surface area contributed by atoms with Crippen LogP contribution in [0, 0.1) is 6.92 Å². The first kappa shape index (κ1) is 15.2. The van der Waals surface area contributed by atoms with Crippen molar-refractivity contribution in [2.75, 3.05) is 12.5 Å². The van der Waals surface area contributed by atoms with Crippen LogP contribution in [0.25, 0.3) is 11.5 Å². The van der Waals surface area contributed by atoms with Crippen molar-refractivity contribution in [3.63, 3.8) is 0 Å². The number of thiophene rings is 1. The maximum atomic E-state index is 12.1. The van der Waals surface area contributed by atoms with E-state index in [9.17, 15) is 4.79 Å². The monoisotopic (exact) mass is 360 g/mol. The van der Waals surface area contributed by atoms with Crippen LogP contribution in [0.5, 0.6) is 11.5 Å². The molecule has 4 rings (SSSR count). The van der Waals surface area contributed by atoms with E-state index in [4.69, 9.17) is 13.9 Å². The van der Waals surface area contributed by atoms with Gasteiger partial charge in [-0.3, -0.25) is 4.79 Å². The predicted molar refractivity (Wildman–Crippen MR) is 90.0 cm³/mol. The Bertz CT molecular complexity index is 903. The highest BCUT2D eigenvalue weighted by atomic mass is 32.2. The third-order valence-corrected chi connectivity index (χ3v) is 5.23. The standard InChI is InChI=1S/C16H12N2O4S2/c1-9-2-5-14(24-9)11(19)7-23-16-18-17-15(22-16)10-3-4-12-13(6-10)21-8-20-12/h2-6H,7-8H2,1H3. The third kappa shape index (κ3) is 3.02. The number of carbonyl (C=O) groups is 1. The molecule has 1 aliphatic rings. The van der Waals surface area contributed by atoms with Crippen molar-refractivity contribution in [1.29, 1.82) is 0 Å². The molecule has 0 spiro atoms. The van der Waals surface area contributed by atoms with E-state index in [0.717, 1.165) is 15.3 Å². The highest BCUT2D eigenvalue weighted by molar-refractivity contribution is 7.99. The van der Waals surface area contributed by atoms with Crippen LogP contribution in [0.2, 0.25) is 0 Å². The molecule has 2 aromatic heterocycles. The molecule has 3 heterocycles. The highest BCUT2D eigenvalue weighted by Crippen LogP contribution is 2.36. The van der Waals surface area contributed by atoms with Gasteiger partial charge in [0.25, 0.3) is 5.22 Å². The Balaban J connectivity index is 1.44. The predicted octanol–water partition coefficient (Wildman–Crippen LogP) is 3.81. The van der Waals surface area contributed by atoms with Gasteiger partial charge in [0.2, 0.25) is 12.7 Å². The summed E-state index contributed by atoms with van der Waals surface area (Å²) in [7, 11) is 0. The zero-order valence-corrected chi connectivity index (χ0v) is 14.3. The number of ether oxygens (including phenoxy) is 2. The van der Waals surface area contributed by atoms with Gasteiger partial charge in [0.15, 0.2) is 17.3 Å². The number of thioether (sulfide) groups is 1. The molecule has 0 aliphatic carbocycles. The minimum Gasteiger partial charge on any atom is -0.454 e. The molecule has 0 radical (unpaired) electrons. The lowest BCUT2D eigenvalue weighted by molar-refractivity contribution is 0.102. The molecule has 1 aromatic carbocycles. The summed E-state index contributed by atoms with van der Waals surface area (Å²) in [5.41, 5.74) is 0.749. The van der Waals surface area contributed by atoms with Crippen LogP contribution in [0.1, 0.15) is 14.5 Å². The largest absolute Gasteiger partial charge is 0.454 e. The molecule has 8 heteroatoms. The van der Waals surface area contributed by atoms with Crippen LogP contribution in [-0.2, 0) is 0 Å². The molecule has 0 amide bonds. The van der Waals surface area contributed by atoms with E-state index in [1.165, 1.54) is 23.1 Å². The molecule has 6 nitrogen and oxygen atoms in total. The van der Waals surface area contributed by atoms with Gasteiger partial charge in [0, 0.05) is 10.4 Å². The molecule has 0 unspecified atom stereocenters. The number of carbonyl (C=O) groups excluding carboxylic acids is 1. The topological polar surface area (TPSA) is 74.5 Å². The van der Waals surface area contributed by atoms with Gasteiger partial charge < -0.3 is 13.9 Å². The smallest absolute Gasteiger partial charge is 0.277 e. The summed E-state index contributed by atoms with van der Waals surface area (Å²) < 4.78 is 16.2. The highest BCUT2D eigenvalue weighted by Gasteiger charge is 2.17. The summed E-state index contributed by atoms with van der Waals surface area (Å²) in [5.74, 6) is 2.06. The summed E-state index contributed by atoms with van der Waals surface area (Å²) in [6, 6.07) is 9.21. The number of hydrogen-bond acceptors (Lipinski definition) is 8. The van der Waals surface area contributed by atoms with E-state index in [1.807, 2.05) is 25.1 Å². The van der Waals surface area contributed by atoms with Crippen molar-refractivity contribution in [2.45, 2.75) is 12.1 Å². The van der Waals surface area contributed by atoms with Crippen molar-refractivity contribution in [3.8, 4) is 23.0 Å². The van der Waals surface area contributed by atoms with E-state index in [2.05, 4.69) is 10.2 Å².